The largest absolute Gasteiger partial charge is 0.339 e. The summed E-state index contributed by atoms with van der Waals surface area (Å²) in [6, 6.07) is 20.6. The van der Waals surface area contributed by atoms with Crippen molar-refractivity contribution in [3.63, 3.8) is 0 Å². The van der Waals surface area contributed by atoms with Gasteiger partial charge in [0.25, 0.3) is 0 Å². The number of aromatic nitrogens is 1. The fourth-order valence-electron chi connectivity index (χ4n) is 2.23. The quantitative estimate of drug-likeness (QED) is 0.712. The second kappa shape index (κ2) is 7.62. The number of nitrogens with zero attached hydrogens (tertiary/aromatic N) is 1. The summed E-state index contributed by atoms with van der Waals surface area (Å²) in [5, 5.41) is 6.60. The maximum absolute atomic E-state index is 12.0. The number of anilines is 3. The molecule has 0 radical (unpaired) electrons. The molecule has 0 aliphatic heterocycles. The molecule has 24 heavy (non-hydrogen) atoms. The highest BCUT2D eigenvalue weighted by Crippen LogP contribution is 2.24. The van der Waals surface area contributed by atoms with Gasteiger partial charge in [0.1, 0.15) is 5.82 Å². The van der Waals surface area contributed by atoms with Gasteiger partial charge in [-0.3, -0.25) is 4.79 Å². The van der Waals surface area contributed by atoms with Crippen LogP contribution in [0, 0.1) is 0 Å². The molecule has 1 heterocycles. The van der Waals surface area contributed by atoms with Crippen molar-refractivity contribution in [2.24, 2.45) is 0 Å². The van der Waals surface area contributed by atoms with Crippen molar-refractivity contribution in [3.8, 4) is 0 Å². The van der Waals surface area contributed by atoms with E-state index < -0.39 is 0 Å². The number of hydrogen-bond acceptors (Lipinski definition) is 3. The number of hydrogen-bond donors (Lipinski definition) is 2. The van der Waals surface area contributed by atoms with Crippen molar-refractivity contribution in [1.29, 1.82) is 0 Å². The molecule has 1 aromatic heterocycles. The lowest BCUT2D eigenvalue weighted by Crippen LogP contribution is -2.14. The van der Waals surface area contributed by atoms with Gasteiger partial charge in [0.05, 0.1) is 29.0 Å². The number of nitrogens with one attached hydrogen (secondary N) is 2. The molecule has 2 N–H and O–H groups in total. The zero-order valence-electron chi connectivity index (χ0n) is 12.9. The first-order valence-corrected chi connectivity index (χ1v) is 7.90. The van der Waals surface area contributed by atoms with Gasteiger partial charge in [-0.05, 0) is 29.8 Å². The molecule has 0 fully saturated rings. The van der Waals surface area contributed by atoms with Gasteiger partial charge < -0.3 is 10.6 Å². The Hall–Kier alpha value is -2.85. The third kappa shape index (κ3) is 4.33. The number of pyridine rings is 1. The van der Waals surface area contributed by atoms with Crippen LogP contribution >= 0.6 is 11.6 Å². The zero-order valence-corrected chi connectivity index (χ0v) is 13.6. The number of halogens is 1. The van der Waals surface area contributed by atoms with Crippen LogP contribution < -0.4 is 10.6 Å². The number of benzene rings is 2. The van der Waals surface area contributed by atoms with Gasteiger partial charge in [-0.15, -0.1) is 0 Å². The van der Waals surface area contributed by atoms with E-state index in [1.165, 1.54) is 0 Å². The van der Waals surface area contributed by atoms with Gasteiger partial charge in [0.2, 0.25) is 5.91 Å². The van der Waals surface area contributed by atoms with Gasteiger partial charge in [0.15, 0.2) is 0 Å². The normalized spacial score (nSPS) is 10.2. The predicted octanol–water partition coefficient (Wildman–Crippen LogP) is 4.66. The molecule has 120 valence electrons. The van der Waals surface area contributed by atoms with Gasteiger partial charge in [-0.1, -0.05) is 54.1 Å². The van der Waals surface area contributed by atoms with E-state index in [0.29, 0.717) is 22.9 Å². The zero-order chi connectivity index (χ0) is 16.8. The second-order valence-corrected chi connectivity index (χ2v) is 5.65. The van der Waals surface area contributed by atoms with Crippen molar-refractivity contribution < 1.29 is 4.79 Å². The fraction of sp³-hybridized carbons (Fsp3) is 0.0526. The summed E-state index contributed by atoms with van der Waals surface area (Å²) in [5.41, 5.74) is 2.41. The molecule has 0 atom stereocenters. The minimum Gasteiger partial charge on any atom is -0.339 e. The van der Waals surface area contributed by atoms with E-state index in [1.54, 1.807) is 18.3 Å². The number of rotatable bonds is 5. The van der Waals surface area contributed by atoms with Crippen molar-refractivity contribution in [3.05, 3.63) is 83.5 Å². The molecule has 0 aliphatic rings. The highest BCUT2D eigenvalue weighted by molar-refractivity contribution is 6.33. The first-order chi connectivity index (χ1) is 11.7. The molecular weight excluding hydrogens is 322 g/mol. The first kappa shape index (κ1) is 16.0. The Morgan fingerprint density at radius 2 is 1.71 bits per heavy atom. The lowest BCUT2D eigenvalue weighted by Gasteiger charge is -2.09. The Morgan fingerprint density at radius 1 is 0.958 bits per heavy atom. The maximum atomic E-state index is 12.0. The summed E-state index contributed by atoms with van der Waals surface area (Å²) in [7, 11) is 0. The van der Waals surface area contributed by atoms with Gasteiger partial charge in [-0.25, -0.2) is 4.98 Å². The highest BCUT2D eigenvalue weighted by atomic mass is 35.5. The van der Waals surface area contributed by atoms with E-state index in [4.69, 9.17) is 11.6 Å². The van der Waals surface area contributed by atoms with Crippen molar-refractivity contribution >= 4 is 34.7 Å². The third-order valence-electron chi connectivity index (χ3n) is 3.39. The van der Waals surface area contributed by atoms with Crippen LogP contribution in [0.2, 0.25) is 5.02 Å². The summed E-state index contributed by atoms with van der Waals surface area (Å²) in [6.45, 7) is 0. The summed E-state index contributed by atoms with van der Waals surface area (Å²) in [5.74, 6) is 0.582. The topological polar surface area (TPSA) is 54.0 Å². The number of amides is 1. The van der Waals surface area contributed by atoms with Crippen LogP contribution in [0.1, 0.15) is 5.56 Å². The minimum absolute atomic E-state index is 0.0742. The van der Waals surface area contributed by atoms with E-state index >= 15 is 0 Å². The average molecular weight is 338 g/mol. The number of para-hydroxylation sites is 1. The van der Waals surface area contributed by atoms with Gasteiger partial charge >= 0.3 is 0 Å². The predicted molar refractivity (Wildman–Crippen MR) is 97.7 cm³/mol. The SMILES string of the molecule is O=C(Cc1ccccc1)Nc1ccc(Nc2ccccc2Cl)nc1. The lowest BCUT2D eigenvalue weighted by molar-refractivity contribution is -0.115. The maximum Gasteiger partial charge on any atom is 0.228 e. The second-order valence-electron chi connectivity index (χ2n) is 5.25. The summed E-state index contributed by atoms with van der Waals surface area (Å²) >= 11 is 6.10. The molecule has 0 aliphatic carbocycles. The van der Waals surface area contributed by atoms with Crippen molar-refractivity contribution in [1.82, 2.24) is 4.98 Å². The molecule has 0 bridgehead atoms. The number of carbonyl (C=O) groups is 1. The van der Waals surface area contributed by atoms with E-state index in [9.17, 15) is 4.79 Å². The molecule has 2 aromatic carbocycles. The molecule has 0 spiro atoms. The van der Waals surface area contributed by atoms with Crippen LogP contribution in [-0.2, 0) is 11.2 Å². The highest BCUT2D eigenvalue weighted by Gasteiger charge is 2.05. The molecule has 5 heteroatoms. The van der Waals surface area contributed by atoms with Crippen molar-refractivity contribution in [2.45, 2.75) is 6.42 Å². The fourth-order valence-corrected chi connectivity index (χ4v) is 2.41. The number of carbonyl (C=O) groups excluding carboxylic acids is 1. The standard InChI is InChI=1S/C19H16ClN3O/c20-16-8-4-5-9-17(16)23-18-11-10-15(13-21-18)22-19(24)12-14-6-2-1-3-7-14/h1-11,13H,12H2,(H,21,23)(H,22,24). The Labute approximate surface area is 145 Å². The van der Waals surface area contributed by atoms with Crippen molar-refractivity contribution in [2.75, 3.05) is 10.6 Å². The third-order valence-corrected chi connectivity index (χ3v) is 3.72. The van der Waals surface area contributed by atoms with Gasteiger partial charge in [-0.2, -0.15) is 0 Å². The smallest absolute Gasteiger partial charge is 0.228 e. The molecule has 4 nitrogen and oxygen atoms in total. The molecular formula is C19H16ClN3O. The summed E-state index contributed by atoms with van der Waals surface area (Å²) < 4.78 is 0. The van der Waals surface area contributed by atoms with Crippen LogP contribution in [0.5, 0.6) is 0 Å². The Kier molecular flexibility index (Phi) is 5.08. The van der Waals surface area contributed by atoms with E-state index in [2.05, 4.69) is 15.6 Å². The lowest BCUT2D eigenvalue weighted by atomic mass is 10.1. The Morgan fingerprint density at radius 3 is 2.42 bits per heavy atom. The van der Waals surface area contributed by atoms with E-state index in [-0.39, 0.29) is 5.91 Å². The molecule has 0 unspecified atom stereocenters. The Bertz CT molecular complexity index is 820. The molecule has 0 saturated heterocycles. The minimum atomic E-state index is -0.0742. The van der Waals surface area contributed by atoms with Crippen LogP contribution in [0.15, 0.2) is 72.9 Å². The van der Waals surface area contributed by atoms with Crippen LogP contribution in [0.4, 0.5) is 17.2 Å². The molecule has 3 rings (SSSR count). The van der Waals surface area contributed by atoms with E-state index in [1.807, 2.05) is 54.6 Å². The van der Waals surface area contributed by atoms with Crippen LogP contribution in [0.3, 0.4) is 0 Å². The molecule has 3 aromatic rings. The Balaban J connectivity index is 1.60. The summed E-state index contributed by atoms with van der Waals surface area (Å²) in [4.78, 5) is 16.3. The van der Waals surface area contributed by atoms with E-state index in [0.717, 1.165) is 11.3 Å². The van der Waals surface area contributed by atoms with Gasteiger partial charge in [0, 0.05) is 0 Å². The van der Waals surface area contributed by atoms with Crippen LogP contribution in [-0.4, -0.2) is 10.9 Å². The van der Waals surface area contributed by atoms with Crippen LogP contribution in [0.25, 0.3) is 0 Å². The molecule has 0 saturated carbocycles. The summed E-state index contributed by atoms with van der Waals surface area (Å²) in [6.07, 6.45) is 1.95. The average Bonchev–Trinajstić information content (AvgIpc) is 2.59. The first-order valence-electron chi connectivity index (χ1n) is 7.52. The molecule has 1 amide bonds. The monoisotopic (exact) mass is 337 g/mol.